The molecule has 0 saturated heterocycles. The molecule has 0 saturated carbocycles. The Hall–Kier alpha value is -1.86. The van der Waals surface area contributed by atoms with Crippen LogP contribution in [0.15, 0.2) is 65.6 Å². The average molecular weight is 375 g/mol. The van der Waals surface area contributed by atoms with Gasteiger partial charge in [0.25, 0.3) is 5.91 Å². The first-order chi connectivity index (χ1) is 12.6. The predicted octanol–water partition coefficient (Wildman–Crippen LogP) is 2.45. The molecule has 0 aliphatic heterocycles. The molecule has 0 fully saturated rings. The molecule has 0 aliphatic carbocycles. The highest BCUT2D eigenvalue weighted by molar-refractivity contribution is 7.99. The molecule has 0 bridgehead atoms. The Labute approximate surface area is 158 Å². The third-order valence-electron chi connectivity index (χ3n) is 3.81. The van der Waals surface area contributed by atoms with Crippen LogP contribution in [-0.4, -0.2) is 35.0 Å². The van der Waals surface area contributed by atoms with E-state index in [0.29, 0.717) is 37.9 Å². The summed E-state index contributed by atoms with van der Waals surface area (Å²) in [6.45, 7) is 1.06. The minimum absolute atomic E-state index is 0.0287. The van der Waals surface area contributed by atoms with Gasteiger partial charge in [-0.05, 0) is 25.0 Å². The molecular weight excluding hydrogens is 348 g/mol. The van der Waals surface area contributed by atoms with E-state index in [-0.39, 0.29) is 5.91 Å². The van der Waals surface area contributed by atoms with Gasteiger partial charge in [0.15, 0.2) is 0 Å². The van der Waals surface area contributed by atoms with Gasteiger partial charge >= 0.3 is 0 Å². The maximum absolute atomic E-state index is 11.8. The Morgan fingerprint density at radius 2 is 1.58 bits per heavy atom. The standard InChI is InChI=1S/C20H26N2O3S/c23-19(21-15-16-26-18-11-5-2-6-12-18)13-7-8-14-22-20(24,25)17-9-3-1-4-10-17/h1-6,9-12,22,24-25H,7-8,13-16H2,(H,21,23). The van der Waals surface area contributed by atoms with Crippen molar-refractivity contribution >= 4 is 17.7 Å². The van der Waals surface area contributed by atoms with Crippen molar-refractivity contribution in [3.8, 4) is 0 Å². The number of hydrogen-bond donors (Lipinski definition) is 4. The van der Waals surface area contributed by atoms with Crippen molar-refractivity contribution in [3.63, 3.8) is 0 Å². The number of unbranched alkanes of at least 4 members (excludes halogenated alkanes) is 1. The zero-order valence-corrected chi connectivity index (χ0v) is 15.5. The molecule has 2 rings (SSSR count). The van der Waals surface area contributed by atoms with Gasteiger partial charge in [-0.3, -0.25) is 10.1 Å². The molecule has 0 spiro atoms. The summed E-state index contributed by atoms with van der Waals surface area (Å²) in [5.41, 5.74) is 0.397. The van der Waals surface area contributed by atoms with Crippen LogP contribution in [0.3, 0.4) is 0 Å². The molecule has 0 heterocycles. The quantitative estimate of drug-likeness (QED) is 0.276. The first-order valence-electron chi connectivity index (χ1n) is 8.78. The number of rotatable bonds is 11. The number of thioether (sulfide) groups is 1. The average Bonchev–Trinajstić information content (AvgIpc) is 2.66. The fourth-order valence-electron chi connectivity index (χ4n) is 2.41. The number of nitrogens with one attached hydrogen (secondary N) is 2. The topological polar surface area (TPSA) is 81.6 Å². The van der Waals surface area contributed by atoms with Crippen LogP contribution in [0.4, 0.5) is 0 Å². The first kappa shape index (κ1) is 20.5. The second kappa shape index (κ2) is 11.0. The number of amides is 1. The second-order valence-electron chi connectivity index (χ2n) is 5.93. The van der Waals surface area contributed by atoms with Gasteiger partial charge in [0.05, 0.1) is 0 Å². The molecule has 0 atom stereocenters. The SMILES string of the molecule is O=C(CCCCNC(O)(O)c1ccccc1)NCCSc1ccccc1. The lowest BCUT2D eigenvalue weighted by Crippen LogP contribution is -2.42. The Morgan fingerprint density at radius 3 is 2.27 bits per heavy atom. The van der Waals surface area contributed by atoms with Gasteiger partial charge < -0.3 is 15.5 Å². The molecule has 2 aromatic rings. The molecule has 0 aliphatic rings. The monoisotopic (exact) mass is 374 g/mol. The molecule has 1 amide bonds. The lowest BCUT2D eigenvalue weighted by molar-refractivity contribution is -0.194. The summed E-state index contributed by atoms with van der Waals surface area (Å²) in [4.78, 5) is 13.0. The van der Waals surface area contributed by atoms with E-state index in [1.54, 1.807) is 36.0 Å². The van der Waals surface area contributed by atoms with E-state index in [0.717, 1.165) is 5.75 Å². The summed E-state index contributed by atoms with van der Waals surface area (Å²) >= 11 is 1.71. The number of benzene rings is 2. The zero-order chi connectivity index (χ0) is 18.7. The Morgan fingerprint density at radius 1 is 0.923 bits per heavy atom. The molecular formula is C20H26N2O3S. The molecule has 0 aromatic heterocycles. The van der Waals surface area contributed by atoms with Gasteiger partial charge in [0, 0.05) is 35.7 Å². The normalized spacial score (nSPS) is 11.3. The molecule has 26 heavy (non-hydrogen) atoms. The van der Waals surface area contributed by atoms with Crippen molar-refractivity contribution in [2.24, 2.45) is 0 Å². The van der Waals surface area contributed by atoms with Crippen LogP contribution in [0, 0.1) is 0 Å². The Balaban J connectivity index is 1.52. The molecule has 2 aromatic carbocycles. The zero-order valence-electron chi connectivity index (χ0n) is 14.7. The van der Waals surface area contributed by atoms with Crippen molar-refractivity contribution in [2.75, 3.05) is 18.8 Å². The fraction of sp³-hybridized carbons (Fsp3) is 0.350. The van der Waals surface area contributed by atoms with Gasteiger partial charge in [-0.2, -0.15) is 0 Å². The van der Waals surface area contributed by atoms with Crippen molar-refractivity contribution in [1.82, 2.24) is 10.6 Å². The van der Waals surface area contributed by atoms with Gasteiger partial charge in [0.1, 0.15) is 0 Å². The maximum Gasteiger partial charge on any atom is 0.250 e. The fourth-order valence-corrected chi connectivity index (χ4v) is 3.20. The number of aliphatic hydroxyl groups is 2. The van der Waals surface area contributed by atoms with Crippen molar-refractivity contribution in [1.29, 1.82) is 0 Å². The van der Waals surface area contributed by atoms with Crippen molar-refractivity contribution in [3.05, 3.63) is 66.2 Å². The summed E-state index contributed by atoms with van der Waals surface area (Å²) in [5, 5.41) is 25.6. The first-order valence-corrected chi connectivity index (χ1v) is 9.76. The maximum atomic E-state index is 11.8. The number of carbonyl (C=O) groups is 1. The van der Waals surface area contributed by atoms with E-state index in [1.807, 2.05) is 24.3 Å². The lowest BCUT2D eigenvalue weighted by Gasteiger charge is -2.23. The summed E-state index contributed by atoms with van der Waals surface area (Å²) < 4.78 is 0. The minimum atomic E-state index is -2.04. The van der Waals surface area contributed by atoms with Crippen LogP contribution < -0.4 is 10.6 Å². The lowest BCUT2D eigenvalue weighted by atomic mass is 10.1. The van der Waals surface area contributed by atoms with Crippen molar-refractivity contribution in [2.45, 2.75) is 30.1 Å². The molecule has 140 valence electrons. The predicted molar refractivity (Wildman–Crippen MR) is 105 cm³/mol. The van der Waals surface area contributed by atoms with Gasteiger partial charge in [-0.1, -0.05) is 48.5 Å². The molecule has 6 heteroatoms. The highest BCUT2D eigenvalue weighted by Crippen LogP contribution is 2.16. The highest BCUT2D eigenvalue weighted by Gasteiger charge is 2.24. The molecule has 5 nitrogen and oxygen atoms in total. The van der Waals surface area contributed by atoms with E-state index in [9.17, 15) is 15.0 Å². The largest absolute Gasteiger partial charge is 0.355 e. The van der Waals surface area contributed by atoms with Crippen LogP contribution in [0.5, 0.6) is 0 Å². The number of carbonyl (C=O) groups excluding carboxylic acids is 1. The van der Waals surface area contributed by atoms with Gasteiger partial charge in [-0.15, -0.1) is 11.8 Å². The molecule has 0 radical (unpaired) electrons. The minimum Gasteiger partial charge on any atom is -0.355 e. The summed E-state index contributed by atoms with van der Waals surface area (Å²) in [5.74, 6) is -1.18. The van der Waals surface area contributed by atoms with E-state index >= 15 is 0 Å². The summed E-state index contributed by atoms with van der Waals surface area (Å²) in [7, 11) is 0. The summed E-state index contributed by atoms with van der Waals surface area (Å²) in [6, 6.07) is 18.7. The van der Waals surface area contributed by atoms with Gasteiger partial charge in [-0.25, -0.2) is 0 Å². The van der Waals surface area contributed by atoms with Gasteiger partial charge in [0.2, 0.25) is 5.91 Å². The molecule has 0 unspecified atom stereocenters. The second-order valence-corrected chi connectivity index (χ2v) is 7.10. The van der Waals surface area contributed by atoms with Crippen LogP contribution >= 0.6 is 11.8 Å². The van der Waals surface area contributed by atoms with E-state index in [1.165, 1.54) is 4.90 Å². The van der Waals surface area contributed by atoms with Crippen LogP contribution in [0.2, 0.25) is 0 Å². The van der Waals surface area contributed by atoms with E-state index < -0.39 is 5.91 Å². The van der Waals surface area contributed by atoms with E-state index in [4.69, 9.17) is 0 Å². The Bertz CT molecular complexity index is 651. The van der Waals surface area contributed by atoms with Crippen LogP contribution in [-0.2, 0) is 10.7 Å². The third kappa shape index (κ3) is 7.58. The van der Waals surface area contributed by atoms with Crippen molar-refractivity contribution < 1.29 is 15.0 Å². The Kier molecular flexibility index (Phi) is 8.64. The summed E-state index contributed by atoms with van der Waals surface area (Å²) in [6.07, 6.45) is 1.81. The highest BCUT2D eigenvalue weighted by atomic mass is 32.2. The van der Waals surface area contributed by atoms with E-state index in [2.05, 4.69) is 22.8 Å². The third-order valence-corrected chi connectivity index (χ3v) is 4.83. The number of hydrogen-bond acceptors (Lipinski definition) is 5. The van der Waals surface area contributed by atoms with Crippen LogP contribution in [0.1, 0.15) is 24.8 Å². The van der Waals surface area contributed by atoms with Crippen LogP contribution in [0.25, 0.3) is 0 Å². The smallest absolute Gasteiger partial charge is 0.250 e. The molecule has 4 N–H and O–H groups in total.